The van der Waals surface area contributed by atoms with Crippen LogP contribution in [0, 0.1) is 0 Å². The fraction of sp³-hybridized carbons (Fsp3) is 0.714. The van der Waals surface area contributed by atoms with E-state index in [4.69, 9.17) is 0 Å². The normalized spacial score (nSPS) is 19.0. The summed E-state index contributed by atoms with van der Waals surface area (Å²) in [6.07, 6.45) is 7.78. The van der Waals surface area contributed by atoms with Crippen molar-refractivity contribution in [1.82, 2.24) is 14.5 Å². The Morgan fingerprint density at radius 2 is 2.26 bits per heavy atom. The highest BCUT2D eigenvalue weighted by Crippen LogP contribution is 2.25. The highest BCUT2D eigenvalue weighted by Gasteiger charge is 2.28. The Kier molecular flexibility index (Phi) is 3.44. The van der Waals surface area contributed by atoms with Crippen LogP contribution in [0.25, 0.3) is 0 Å². The summed E-state index contributed by atoms with van der Waals surface area (Å²) in [6.45, 7) is 4.74. The van der Waals surface area contributed by atoms with Gasteiger partial charge >= 0.3 is 0 Å². The zero-order valence-electron chi connectivity index (χ0n) is 11.6. The molecule has 19 heavy (non-hydrogen) atoms. The molecule has 3 rings (SSSR count). The van der Waals surface area contributed by atoms with Crippen molar-refractivity contribution in [1.29, 1.82) is 0 Å². The minimum absolute atomic E-state index is 0.0955. The van der Waals surface area contributed by atoms with Crippen LogP contribution in [-0.4, -0.2) is 39.5 Å². The Morgan fingerprint density at radius 3 is 2.95 bits per heavy atom. The third-order valence-electron chi connectivity index (χ3n) is 4.22. The van der Waals surface area contributed by atoms with Gasteiger partial charge in [0.2, 0.25) is 5.95 Å². The molecule has 104 valence electrons. The first-order valence-corrected chi connectivity index (χ1v) is 7.41. The summed E-state index contributed by atoms with van der Waals surface area (Å²) in [5.41, 5.74) is 0.596. The first kappa shape index (κ1) is 12.5. The Morgan fingerprint density at radius 1 is 1.47 bits per heavy atom. The highest BCUT2D eigenvalue weighted by molar-refractivity contribution is 5.92. The summed E-state index contributed by atoms with van der Waals surface area (Å²) in [4.78, 5) is 19.1. The Bertz CT molecular complexity index is 439. The molecule has 1 aromatic rings. The highest BCUT2D eigenvalue weighted by atomic mass is 16.2. The van der Waals surface area contributed by atoms with Crippen LogP contribution in [-0.2, 0) is 6.54 Å². The number of fused-ring (bicyclic) bond motifs is 1. The van der Waals surface area contributed by atoms with E-state index < -0.39 is 0 Å². The zero-order valence-corrected chi connectivity index (χ0v) is 11.6. The standard InChI is InChI=1S/C14H22N4O/c1-2-18(11-6-3-4-7-11)13(19)12-10-17-9-5-8-15-14(17)16-12/h10-11H,2-9H2,1H3,(H,15,16). The Balaban J connectivity index is 1.79. The maximum Gasteiger partial charge on any atom is 0.274 e. The minimum Gasteiger partial charge on any atom is -0.356 e. The summed E-state index contributed by atoms with van der Waals surface area (Å²) in [5, 5.41) is 3.25. The number of nitrogens with one attached hydrogen (secondary N) is 1. The van der Waals surface area contributed by atoms with Crippen molar-refractivity contribution < 1.29 is 4.79 Å². The van der Waals surface area contributed by atoms with Crippen LogP contribution in [0.15, 0.2) is 6.20 Å². The predicted molar refractivity (Wildman–Crippen MR) is 74.3 cm³/mol. The molecule has 5 nitrogen and oxygen atoms in total. The SMILES string of the molecule is CCN(C(=O)c1cn2c(n1)NCCC2)C1CCCC1. The van der Waals surface area contributed by atoms with Gasteiger partial charge < -0.3 is 14.8 Å². The lowest BCUT2D eigenvalue weighted by Gasteiger charge is -2.26. The first-order valence-electron chi connectivity index (χ1n) is 7.41. The molecule has 0 unspecified atom stereocenters. The Hall–Kier alpha value is -1.52. The molecule has 0 aromatic carbocycles. The molecule has 1 N–H and O–H groups in total. The summed E-state index contributed by atoms with van der Waals surface area (Å²) < 4.78 is 2.05. The van der Waals surface area contributed by atoms with Crippen LogP contribution >= 0.6 is 0 Å². The van der Waals surface area contributed by atoms with Crippen LogP contribution in [0.2, 0.25) is 0 Å². The molecule has 1 fully saturated rings. The number of imidazole rings is 1. The molecule has 1 aromatic heterocycles. The van der Waals surface area contributed by atoms with Crippen molar-refractivity contribution in [3.8, 4) is 0 Å². The largest absolute Gasteiger partial charge is 0.356 e. The minimum atomic E-state index is 0.0955. The number of carbonyl (C=O) groups excluding carboxylic acids is 1. The van der Waals surface area contributed by atoms with Gasteiger partial charge in [-0.3, -0.25) is 4.79 Å². The predicted octanol–water partition coefficient (Wildman–Crippen LogP) is 2.10. The second kappa shape index (κ2) is 5.23. The van der Waals surface area contributed by atoms with Crippen LogP contribution < -0.4 is 5.32 Å². The first-order chi connectivity index (χ1) is 9.29. The molecule has 0 radical (unpaired) electrons. The van der Waals surface area contributed by atoms with Crippen molar-refractivity contribution in [2.24, 2.45) is 0 Å². The molecule has 0 atom stereocenters. The second-order valence-corrected chi connectivity index (χ2v) is 5.45. The van der Waals surface area contributed by atoms with Crippen molar-refractivity contribution >= 4 is 11.9 Å². The topological polar surface area (TPSA) is 50.2 Å². The van der Waals surface area contributed by atoms with Crippen molar-refractivity contribution in [2.45, 2.75) is 51.6 Å². The van der Waals surface area contributed by atoms with Gasteiger partial charge in [0.25, 0.3) is 5.91 Å². The van der Waals surface area contributed by atoms with Crippen molar-refractivity contribution in [3.63, 3.8) is 0 Å². The summed E-state index contributed by atoms with van der Waals surface area (Å²) >= 11 is 0. The molecular formula is C14H22N4O. The fourth-order valence-corrected chi connectivity index (χ4v) is 3.21. The van der Waals surface area contributed by atoms with Crippen molar-refractivity contribution in [3.05, 3.63) is 11.9 Å². The quantitative estimate of drug-likeness (QED) is 0.907. The molecule has 1 aliphatic carbocycles. The number of rotatable bonds is 3. The molecule has 1 aliphatic heterocycles. The molecular weight excluding hydrogens is 240 g/mol. The molecule has 0 bridgehead atoms. The van der Waals surface area contributed by atoms with E-state index >= 15 is 0 Å². The van der Waals surface area contributed by atoms with Gasteiger partial charge in [0.05, 0.1) is 0 Å². The summed E-state index contributed by atoms with van der Waals surface area (Å²) in [6, 6.07) is 0.421. The van der Waals surface area contributed by atoms with Gasteiger partial charge in [0, 0.05) is 31.9 Å². The van der Waals surface area contributed by atoms with Gasteiger partial charge in [-0.15, -0.1) is 0 Å². The second-order valence-electron chi connectivity index (χ2n) is 5.45. The molecule has 2 aliphatic rings. The lowest BCUT2D eigenvalue weighted by atomic mass is 10.2. The summed E-state index contributed by atoms with van der Waals surface area (Å²) in [7, 11) is 0. The van der Waals surface area contributed by atoms with E-state index in [-0.39, 0.29) is 5.91 Å². The van der Waals surface area contributed by atoms with E-state index in [1.807, 2.05) is 11.1 Å². The van der Waals surface area contributed by atoms with Gasteiger partial charge in [-0.2, -0.15) is 0 Å². The number of amides is 1. The van der Waals surface area contributed by atoms with Crippen LogP contribution in [0.5, 0.6) is 0 Å². The van der Waals surface area contributed by atoms with Crippen LogP contribution in [0.1, 0.15) is 49.5 Å². The lowest BCUT2D eigenvalue weighted by Crippen LogP contribution is -2.38. The van der Waals surface area contributed by atoms with Crippen LogP contribution in [0.3, 0.4) is 0 Å². The average Bonchev–Trinajstić information content (AvgIpc) is 3.08. The lowest BCUT2D eigenvalue weighted by molar-refractivity contribution is 0.0688. The number of hydrogen-bond acceptors (Lipinski definition) is 3. The molecule has 1 amide bonds. The van der Waals surface area contributed by atoms with E-state index in [0.717, 1.165) is 44.8 Å². The zero-order chi connectivity index (χ0) is 13.2. The van der Waals surface area contributed by atoms with E-state index in [0.29, 0.717) is 11.7 Å². The van der Waals surface area contributed by atoms with Crippen molar-refractivity contribution in [2.75, 3.05) is 18.4 Å². The number of aromatic nitrogens is 2. The van der Waals surface area contributed by atoms with Gasteiger partial charge in [-0.25, -0.2) is 4.98 Å². The molecule has 1 saturated carbocycles. The number of anilines is 1. The smallest absolute Gasteiger partial charge is 0.274 e. The molecule has 5 heteroatoms. The van der Waals surface area contributed by atoms with Gasteiger partial charge in [0.1, 0.15) is 5.69 Å². The third-order valence-corrected chi connectivity index (χ3v) is 4.22. The molecule has 0 spiro atoms. The van der Waals surface area contributed by atoms with E-state index in [1.165, 1.54) is 12.8 Å². The number of nitrogens with zero attached hydrogens (tertiary/aromatic N) is 3. The Labute approximate surface area is 114 Å². The summed E-state index contributed by atoms with van der Waals surface area (Å²) in [5.74, 6) is 0.940. The average molecular weight is 262 g/mol. The third kappa shape index (κ3) is 2.33. The molecule has 2 heterocycles. The van der Waals surface area contributed by atoms with Gasteiger partial charge in [0.15, 0.2) is 0 Å². The fourth-order valence-electron chi connectivity index (χ4n) is 3.21. The van der Waals surface area contributed by atoms with E-state index in [9.17, 15) is 4.79 Å². The molecule has 0 saturated heterocycles. The van der Waals surface area contributed by atoms with Gasteiger partial charge in [-0.05, 0) is 26.2 Å². The maximum absolute atomic E-state index is 12.6. The van der Waals surface area contributed by atoms with Crippen LogP contribution in [0.4, 0.5) is 5.95 Å². The number of carbonyl (C=O) groups is 1. The monoisotopic (exact) mass is 262 g/mol. The van der Waals surface area contributed by atoms with E-state index in [2.05, 4.69) is 21.8 Å². The van der Waals surface area contributed by atoms with E-state index in [1.54, 1.807) is 0 Å². The number of hydrogen-bond donors (Lipinski definition) is 1. The van der Waals surface area contributed by atoms with Gasteiger partial charge in [-0.1, -0.05) is 12.8 Å². The number of aryl methyl sites for hydroxylation is 1. The maximum atomic E-state index is 12.6.